The van der Waals surface area contributed by atoms with Crippen molar-refractivity contribution in [2.45, 2.75) is 0 Å². The van der Waals surface area contributed by atoms with Crippen LogP contribution in [0.1, 0.15) is 20.7 Å². The molecule has 8 heteroatoms. The van der Waals surface area contributed by atoms with Crippen LogP contribution in [0.15, 0.2) is 54.7 Å². The minimum absolute atomic E-state index is 0.249. The van der Waals surface area contributed by atoms with Crippen LogP contribution >= 0.6 is 11.6 Å². The summed E-state index contributed by atoms with van der Waals surface area (Å²) in [6, 6.07) is 14.0. The van der Waals surface area contributed by atoms with Crippen molar-refractivity contribution in [3.05, 3.63) is 70.9 Å². The fourth-order valence-electron chi connectivity index (χ4n) is 3.72. The molecule has 2 aromatic heterocycles. The van der Waals surface area contributed by atoms with Gasteiger partial charge in [-0.25, -0.2) is 14.6 Å². The van der Waals surface area contributed by atoms with Gasteiger partial charge in [0.1, 0.15) is 11.4 Å². The molecule has 7 nitrogen and oxygen atoms in total. The number of amides is 2. The molecular weight excluding hydrogens is 404 g/mol. The zero-order valence-electron chi connectivity index (χ0n) is 16.1. The monoisotopic (exact) mass is 418 g/mol. The van der Waals surface area contributed by atoms with Crippen LogP contribution in [0, 0.1) is 0 Å². The lowest BCUT2D eigenvalue weighted by molar-refractivity contribution is 0.0926. The maximum Gasteiger partial charge on any atom is 0.267 e. The van der Waals surface area contributed by atoms with E-state index < -0.39 is 11.8 Å². The predicted octanol–water partition coefficient (Wildman–Crippen LogP) is 4.10. The van der Waals surface area contributed by atoms with Crippen molar-refractivity contribution < 1.29 is 14.3 Å². The number of hydrogen-bond acceptors (Lipinski definition) is 5. The minimum Gasteiger partial charge on any atom is -0.497 e. The topological polar surface area (TPSA) is 77.3 Å². The standard InChI is InChI=1S/C22H15ClN4O3/c1-26-20-18(19(25-26)12-6-8-13(23)9-7-12)17-16(11-24-20)21(28)27(22(17)29)14-4-3-5-15(10-14)30-2/h3-11H,1-2H3. The van der Waals surface area contributed by atoms with Crippen LogP contribution in [0.2, 0.25) is 5.02 Å². The number of aromatic nitrogens is 3. The Hall–Kier alpha value is -3.71. The highest BCUT2D eigenvalue weighted by Gasteiger charge is 2.40. The second-order valence-electron chi connectivity index (χ2n) is 6.87. The van der Waals surface area contributed by atoms with Crippen molar-refractivity contribution in [3.8, 4) is 17.0 Å². The van der Waals surface area contributed by atoms with E-state index in [1.165, 1.54) is 13.3 Å². The molecule has 0 saturated carbocycles. The third-order valence-electron chi connectivity index (χ3n) is 5.13. The Bertz CT molecular complexity index is 1340. The van der Waals surface area contributed by atoms with Crippen molar-refractivity contribution in [1.82, 2.24) is 14.8 Å². The van der Waals surface area contributed by atoms with Crippen LogP contribution in [0.25, 0.3) is 22.3 Å². The maximum atomic E-state index is 13.4. The van der Waals surface area contributed by atoms with Crippen LogP contribution in [0.4, 0.5) is 5.69 Å². The van der Waals surface area contributed by atoms with Gasteiger partial charge in [-0.05, 0) is 24.3 Å². The summed E-state index contributed by atoms with van der Waals surface area (Å²) in [7, 11) is 3.28. The highest BCUT2D eigenvalue weighted by Crippen LogP contribution is 2.37. The number of imide groups is 1. The number of fused-ring (bicyclic) bond motifs is 3. The molecule has 0 fully saturated rings. The van der Waals surface area contributed by atoms with E-state index in [0.29, 0.717) is 38.8 Å². The molecule has 2 amide bonds. The molecule has 0 aliphatic carbocycles. The Labute approximate surface area is 176 Å². The predicted molar refractivity (Wildman–Crippen MR) is 113 cm³/mol. The molecule has 0 spiro atoms. The van der Waals surface area contributed by atoms with E-state index in [2.05, 4.69) is 10.1 Å². The summed E-state index contributed by atoms with van der Waals surface area (Å²) in [6.07, 6.45) is 1.44. The zero-order valence-corrected chi connectivity index (χ0v) is 16.8. The van der Waals surface area contributed by atoms with E-state index in [9.17, 15) is 9.59 Å². The maximum absolute atomic E-state index is 13.4. The first-order chi connectivity index (χ1) is 14.5. The van der Waals surface area contributed by atoms with Gasteiger partial charge < -0.3 is 4.74 Å². The Kier molecular flexibility index (Phi) is 4.08. The van der Waals surface area contributed by atoms with Gasteiger partial charge in [0, 0.05) is 29.9 Å². The van der Waals surface area contributed by atoms with E-state index in [1.807, 2.05) is 12.1 Å². The molecule has 0 radical (unpaired) electrons. The SMILES string of the molecule is COc1cccc(N2C(=O)c3cnc4c(c(-c5ccc(Cl)cc5)nn4C)c3C2=O)c1. The molecule has 1 aliphatic rings. The van der Waals surface area contributed by atoms with Crippen molar-refractivity contribution in [2.75, 3.05) is 12.0 Å². The Morgan fingerprint density at radius 2 is 1.80 bits per heavy atom. The summed E-state index contributed by atoms with van der Waals surface area (Å²) < 4.78 is 6.84. The lowest BCUT2D eigenvalue weighted by atomic mass is 10.0. The summed E-state index contributed by atoms with van der Waals surface area (Å²) in [6.45, 7) is 0. The zero-order chi connectivity index (χ0) is 21.0. The lowest BCUT2D eigenvalue weighted by Crippen LogP contribution is -2.29. The fraction of sp³-hybridized carbons (Fsp3) is 0.0909. The van der Waals surface area contributed by atoms with Crippen LogP contribution < -0.4 is 9.64 Å². The minimum atomic E-state index is -0.427. The normalized spacial score (nSPS) is 13.2. The van der Waals surface area contributed by atoms with Gasteiger partial charge >= 0.3 is 0 Å². The molecule has 1 aliphatic heterocycles. The molecule has 0 atom stereocenters. The van der Waals surface area contributed by atoms with E-state index in [4.69, 9.17) is 16.3 Å². The number of aryl methyl sites for hydroxylation is 1. The van der Waals surface area contributed by atoms with Crippen LogP contribution in [-0.2, 0) is 7.05 Å². The van der Waals surface area contributed by atoms with Crippen molar-refractivity contribution >= 4 is 40.1 Å². The summed E-state index contributed by atoms with van der Waals surface area (Å²) in [5.74, 6) is -0.294. The smallest absolute Gasteiger partial charge is 0.267 e. The van der Waals surface area contributed by atoms with E-state index in [0.717, 1.165) is 10.5 Å². The first kappa shape index (κ1) is 18.3. The molecule has 0 unspecified atom stereocenters. The fourth-order valence-corrected chi connectivity index (χ4v) is 3.85. The Morgan fingerprint density at radius 3 is 2.53 bits per heavy atom. The molecule has 0 saturated heterocycles. The molecule has 3 heterocycles. The quantitative estimate of drug-likeness (QED) is 0.468. The number of carbonyl (C=O) groups is 2. The van der Waals surface area contributed by atoms with Crippen molar-refractivity contribution in [3.63, 3.8) is 0 Å². The molecule has 148 valence electrons. The summed E-state index contributed by atoms with van der Waals surface area (Å²) in [5.41, 5.74) is 2.85. The molecule has 0 N–H and O–H groups in total. The van der Waals surface area contributed by atoms with Crippen molar-refractivity contribution in [1.29, 1.82) is 0 Å². The van der Waals surface area contributed by atoms with Gasteiger partial charge in [0.05, 0.1) is 29.3 Å². The van der Waals surface area contributed by atoms with Gasteiger partial charge in [0.2, 0.25) is 0 Å². The first-order valence-electron chi connectivity index (χ1n) is 9.14. The highest BCUT2D eigenvalue weighted by molar-refractivity contribution is 6.38. The Morgan fingerprint density at radius 1 is 1.03 bits per heavy atom. The van der Waals surface area contributed by atoms with Gasteiger partial charge in [-0.2, -0.15) is 5.10 Å². The number of anilines is 1. The van der Waals surface area contributed by atoms with Crippen molar-refractivity contribution in [2.24, 2.45) is 7.05 Å². The number of pyridine rings is 1. The number of halogens is 1. The third-order valence-corrected chi connectivity index (χ3v) is 5.38. The first-order valence-corrected chi connectivity index (χ1v) is 9.52. The number of methoxy groups -OCH3 is 1. The second kappa shape index (κ2) is 6.67. The lowest BCUT2D eigenvalue weighted by Gasteiger charge is -2.14. The van der Waals surface area contributed by atoms with Gasteiger partial charge in [0.25, 0.3) is 11.8 Å². The highest BCUT2D eigenvalue weighted by atomic mass is 35.5. The van der Waals surface area contributed by atoms with Gasteiger partial charge in [-0.1, -0.05) is 29.8 Å². The van der Waals surface area contributed by atoms with Gasteiger partial charge in [0.15, 0.2) is 5.65 Å². The molecule has 2 aromatic carbocycles. The largest absolute Gasteiger partial charge is 0.497 e. The van der Waals surface area contributed by atoms with Crippen LogP contribution in [-0.4, -0.2) is 33.7 Å². The number of hydrogen-bond donors (Lipinski definition) is 0. The molecule has 30 heavy (non-hydrogen) atoms. The van der Waals surface area contributed by atoms with E-state index >= 15 is 0 Å². The summed E-state index contributed by atoms with van der Waals surface area (Å²) in [5, 5.41) is 5.70. The number of nitrogens with zero attached hydrogens (tertiary/aromatic N) is 4. The molecular formula is C22H15ClN4O3. The van der Waals surface area contributed by atoms with Crippen LogP contribution in [0.5, 0.6) is 5.75 Å². The number of ether oxygens (including phenoxy) is 1. The van der Waals surface area contributed by atoms with E-state index in [1.54, 1.807) is 48.1 Å². The second-order valence-corrected chi connectivity index (χ2v) is 7.31. The van der Waals surface area contributed by atoms with Gasteiger partial charge in [-0.3, -0.25) is 9.59 Å². The van der Waals surface area contributed by atoms with Gasteiger partial charge in [-0.15, -0.1) is 0 Å². The summed E-state index contributed by atoms with van der Waals surface area (Å²) >= 11 is 6.02. The average molecular weight is 419 g/mol. The number of benzene rings is 2. The van der Waals surface area contributed by atoms with Crippen LogP contribution in [0.3, 0.4) is 0 Å². The van der Waals surface area contributed by atoms with E-state index in [-0.39, 0.29) is 5.56 Å². The Balaban J connectivity index is 1.74. The number of rotatable bonds is 3. The molecule has 5 rings (SSSR count). The molecule has 0 bridgehead atoms. The number of carbonyl (C=O) groups excluding carboxylic acids is 2. The molecule has 4 aromatic rings. The third kappa shape index (κ3) is 2.59. The summed E-state index contributed by atoms with van der Waals surface area (Å²) in [4.78, 5) is 32.1. The average Bonchev–Trinajstić information content (AvgIpc) is 3.22.